The van der Waals surface area contributed by atoms with Gasteiger partial charge in [-0.15, -0.1) is 0 Å². The summed E-state index contributed by atoms with van der Waals surface area (Å²) in [6.07, 6.45) is 0. The van der Waals surface area contributed by atoms with Crippen LogP contribution < -0.4 is 5.32 Å². The molecule has 1 aromatic carbocycles. The van der Waals surface area contributed by atoms with Crippen LogP contribution in [0.3, 0.4) is 0 Å². The summed E-state index contributed by atoms with van der Waals surface area (Å²) in [5, 5.41) is 2.61. The largest absolute Gasteiger partial charge is 0.375 e. The van der Waals surface area contributed by atoms with Crippen molar-refractivity contribution in [2.45, 2.75) is 11.4 Å². The molecule has 0 aliphatic carbocycles. The fourth-order valence-electron chi connectivity index (χ4n) is 1.15. The standard InChI is InChI=1S/C10H12ClNO4S/c1-16-7-10(13)12-6-8-2-4-9(5-3-8)17(11,14)15/h2-5H,6-7H2,1H3,(H,12,13). The van der Waals surface area contributed by atoms with Crippen molar-refractivity contribution < 1.29 is 17.9 Å². The Balaban J connectivity index is 2.60. The lowest BCUT2D eigenvalue weighted by atomic mass is 10.2. The molecule has 0 bridgehead atoms. The number of hydrogen-bond donors (Lipinski definition) is 1. The Kier molecular flexibility index (Phi) is 4.92. The van der Waals surface area contributed by atoms with Crippen molar-refractivity contribution in [1.82, 2.24) is 5.32 Å². The second kappa shape index (κ2) is 6.00. The predicted octanol–water partition coefficient (Wildman–Crippen LogP) is 0.877. The number of carbonyl (C=O) groups is 1. The number of ether oxygens (including phenoxy) is 1. The van der Waals surface area contributed by atoms with Crippen molar-refractivity contribution in [2.24, 2.45) is 0 Å². The lowest BCUT2D eigenvalue weighted by Gasteiger charge is -2.05. The molecule has 0 spiro atoms. The third-order valence-electron chi connectivity index (χ3n) is 1.97. The second-order valence-corrected chi connectivity index (χ2v) is 5.86. The van der Waals surface area contributed by atoms with E-state index in [-0.39, 0.29) is 17.4 Å². The van der Waals surface area contributed by atoms with Crippen LogP contribution >= 0.6 is 10.7 Å². The van der Waals surface area contributed by atoms with Gasteiger partial charge in [0.05, 0.1) is 4.90 Å². The molecule has 0 unspecified atom stereocenters. The van der Waals surface area contributed by atoms with E-state index in [2.05, 4.69) is 10.1 Å². The first-order chi connectivity index (χ1) is 7.93. The number of nitrogens with one attached hydrogen (secondary N) is 1. The molecule has 1 amide bonds. The van der Waals surface area contributed by atoms with Gasteiger partial charge in [0.2, 0.25) is 5.91 Å². The molecular formula is C10H12ClNO4S. The van der Waals surface area contributed by atoms with E-state index in [1.54, 1.807) is 12.1 Å². The number of benzene rings is 1. The number of hydrogen-bond acceptors (Lipinski definition) is 4. The zero-order chi connectivity index (χ0) is 12.9. The summed E-state index contributed by atoms with van der Waals surface area (Å²) in [5.41, 5.74) is 0.776. The maximum atomic E-state index is 11.1. The Bertz CT molecular complexity index is 484. The summed E-state index contributed by atoms with van der Waals surface area (Å²) >= 11 is 0. The Hall–Kier alpha value is -1.11. The highest BCUT2D eigenvalue weighted by molar-refractivity contribution is 8.13. The van der Waals surface area contributed by atoms with E-state index >= 15 is 0 Å². The molecular weight excluding hydrogens is 266 g/mol. The smallest absolute Gasteiger partial charge is 0.261 e. The van der Waals surface area contributed by atoms with Crippen LogP contribution in [0, 0.1) is 0 Å². The van der Waals surface area contributed by atoms with Gasteiger partial charge >= 0.3 is 0 Å². The predicted molar refractivity (Wildman–Crippen MR) is 63.2 cm³/mol. The Labute approximate surface area is 104 Å². The van der Waals surface area contributed by atoms with Crippen molar-refractivity contribution in [1.29, 1.82) is 0 Å². The number of methoxy groups -OCH3 is 1. The molecule has 94 valence electrons. The maximum absolute atomic E-state index is 11.1. The highest BCUT2D eigenvalue weighted by Crippen LogP contribution is 2.15. The van der Waals surface area contributed by atoms with Crippen LogP contribution in [-0.2, 0) is 25.1 Å². The van der Waals surface area contributed by atoms with E-state index < -0.39 is 9.05 Å². The maximum Gasteiger partial charge on any atom is 0.261 e. The third kappa shape index (κ3) is 4.72. The van der Waals surface area contributed by atoms with Gasteiger partial charge in [-0.2, -0.15) is 0 Å². The van der Waals surface area contributed by atoms with Gasteiger partial charge < -0.3 is 10.1 Å². The van der Waals surface area contributed by atoms with Crippen molar-refractivity contribution in [3.63, 3.8) is 0 Å². The zero-order valence-electron chi connectivity index (χ0n) is 9.14. The molecule has 0 aromatic heterocycles. The topological polar surface area (TPSA) is 72.5 Å². The molecule has 0 aliphatic rings. The minimum absolute atomic E-state index is 0.00581. The summed E-state index contributed by atoms with van der Waals surface area (Å²) < 4.78 is 26.6. The molecule has 7 heteroatoms. The van der Waals surface area contributed by atoms with Gasteiger partial charge in [-0.25, -0.2) is 8.42 Å². The first-order valence-corrected chi connectivity index (χ1v) is 7.03. The molecule has 17 heavy (non-hydrogen) atoms. The van der Waals surface area contributed by atoms with Crippen LogP contribution in [0.1, 0.15) is 5.56 Å². The van der Waals surface area contributed by atoms with Crippen molar-refractivity contribution >= 4 is 25.6 Å². The van der Waals surface area contributed by atoms with Crippen LogP contribution in [0.5, 0.6) is 0 Å². The fourth-order valence-corrected chi connectivity index (χ4v) is 1.92. The lowest BCUT2D eigenvalue weighted by molar-refractivity contribution is -0.124. The van der Waals surface area contributed by atoms with Gasteiger partial charge in [-0.3, -0.25) is 4.79 Å². The number of carbonyl (C=O) groups excluding carboxylic acids is 1. The van der Waals surface area contributed by atoms with Gasteiger partial charge in [0.15, 0.2) is 0 Å². The van der Waals surface area contributed by atoms with Crippen molar-refractivity contribution in [3.05, 3.63) is 29.8 Å². The first kappa shape index (κ1) is 14.0. The summed E-state index contributed by atoms with van der Waals surface area (Å²) in [5.74, 6) is -0.235. The van der Waals surface area contributed by atoms with E-state index in [1.165, 1.54) is 19.2 Å². The zero-order valence-corrected chi connectivity index (χ0v) is 10.7. The number of halogens is 1. The molecule has 1 N–H and O–H groups in total. The summed E-state index contributed by atoms with van der Waals surface area (Å²) in [6, 6.07) is 5.95. The number of amides is 1. The number of rotatable bonds is 5. The molecule has 0 aliphatic heterocycles. The minimum Gasteiger partial charge on any atom is -0.375 e. The van der Waals surface area contributed by atoms with Crippen LogP contribution in [0.4, 0.5) is 0 Å². The SMILES string of the molecule is COCC(=O)NCc1ccc(S(=O)(=O)Cl)cc1. The highest BCUT2D eigenvalue weighted by Gasteiger charge is 2.09. The van der Waals surface area contributed by atoms with E-state index in [0.717, 1.165) is 5.56 Å². The fraction of sp³-hybridized carbons (Fsp3) is 0.300. The summed E-state index contributed by atoms with van der Waals surface area (Å²) in [4.78, 5) is 11.1. The molecule has 0 heterocycles. The highest BCUT2D eigenvalue weighted by atomic mass is 35.7. The van der Waals surface area contributed by atoms with Gasteiger partial charge in [-0.05, 0) is 17.7 Å². The normalized spacial score (nSPS) is 11.2. The minimum atomic E-state index is -3.69. The van der Waals surface area contributed by atoms with Crippen LogP contribution in [0.25, 0.3) is 0 Å². The average Bonchev–Trinajstić information content (AvgIpc) is 2.26. The van der Waals surface area contributed by atoms with Crippen molar-refractivity contribution in [3.8, 4) is 0 Å². The van der Waals surface area contributed by atoms with E-state index in [0.29, 0.717) is 6.54 Å². The molecule has 0 atom stereocenters. The van der Waals surface area contributed by atoms with Crippen LogP contribution in [-0.4, -0.2) is 28.0 Å². The van der Waals surface area contributed by atoms with Crippen LogP contribution in [0.15, 0.2) is 29.2 Å². The Morgan fingerprint density at radius 2 is 1.94 bits per heavy atom. The first-order valence-electron chi connectivity index (χ1n) is 4.72. The molecule has 1 aromatic rings. The van der Waals surface area contributed by atoms with Crippen molar-refractivity contribution in [2.75, 3.05) is 13.7 Å². The molecule has 0 saturated heterocycles. The molecule has 0 fully saturated rings. The van der Waals surface area contributed by atoms with Gasteiger partial charge in [0, 0.05) is 24.3 Å². The Morgan fingerprint density at radius 1 is 1.35 bits per heavy atom. The average molecular weight is 278 g/mol. The van der Waals surface area contributed by atoms with E-state index in [9.17, 15) is 13.2 Å². The lowest BCUT2D eigenvalue weighted by Crippen LogP contribution is -2.26. The van der Waals surface area contributed by atoms with E-state index in [1.807, 2.05) is 0 Å². The summed E-state index contributed by atoms with van der Waals surface area (Å²) in [7, 11) is 2.90. The Morgan fingerprint density at radius 3 is 2.41 bits per heavy atom. The van der Waals surface area contributed by atoms with Gasteiger partial charge in [0.25, 0.3) is 9.05 Å². The molecule has 1 rings (SSSR count). The quantitative estimate of drug-likeness (QED) is 0.811. The van der Waals surface area contributed by atoms with Gasteiger partial charge in [0.1, 0.15) is 6.61 Å². The van der Waals surface area contributed by atoms with E-state index in [4.69, 9.17) is 10.7 Å². The third-order valence-corrected chi connectivity index (χ3v) is 3.34. The second-order valence-electron chi connectivity index (χ2n) is 3.29. The molecule has 0 radical (unpaired) electrons. The molecule has 5 nitrogen and oxygen atoms in total. The molecule has 0 saturated carbocycles. The van der Waals surface area contributed by atoms with Crippen LogP contribution in [0.2, 0.25) is 0 Å². The monoisotopic (exact) mass is 277 g/mol. The van der Waals surface area contributed by atoms with Gasteiger partial charge in [-0.1, -0.05) is 12.1 Å². The summed E-state index contributed by atoms with van der Waals surface area (Å²) in [6.45, 7) is 0.305.